The van der Waals surface area contributed by atoms with E-state index in [1.54, 1.807) is 25.1 Å². The van der Waals surface area contributed by atoms with Crippen LogP contribution in [0.3, 0.4) is 0 Å². The number of aryl methyl sites for hydroxylation is 1. The van der Waals surface area contributed by atoms with E-state index in [0.717, 1.165) is 12.8 Å². The Hall–Kier alpha value is -2.32. The fraction of sp³-hybridized carbons (Fsp3) is 0.500. The van der Waals surface area contributed by atoms with Crippen LogP contribution in [0.15, 0.2) is 28.9 Å². The molecule has 4 rings (SSSR count). The van der Waals surface area contributed by atoms with Gasteiger partial charge in [-0.05, 0) is 43.8 Å². The SMILES string of the molecule is Cc1nonc1NC(=O)CN1C2CCC1CC(O)(c1ccccc1F)C2. The Balaban J connectivity index is 1.46. The van der Waals surface area contributed by atoms with Crippen LogP contribution < -0.4 is 5.32 Å². The monoisotopic (exact) mass is 360 g/mol. The van der Waals surface area contributed by atoms with Gasteiger partial charge in [-0.2, -0.15) is 0 Å². The average Bonchev–Trinajstić information content (AvgIpc) is 3.09. The molecule has 0 spiro atoms. The lowest BCUT2D eigenvalue weighted by Gasteiger charge is -2.43. The Kier molecular flexibility index (Phi) is 4.24. The van der Waals surface area contributed by atoms with E-state index < -0.39 is 5.60 Å². The number of nitrogens with zero attached hydrogens (tertiary/aromatic N) is 3. The van der Waals surface area contributed by atoms with Crippen LogP contribution in [0.1, 0.15) is 36.9 Å². The zero-order chi connectivity index (χ0) is 18.3. The van der Waals surface area contributed by atoms with Gasteiger partial charge in [-0.3, -0.25) is 9.69 Å². The lowest BCUT2D eigenvalue weighted by atomic mass is 9.80. The van der Waals surface area contributed by atoms with Gasteiger partial charge in [0.05, 0.1) is 12.1 Å². The molecule has 1 aromatic carbocycles. The number of piperidine rings is 1. The van der Waals surface area contributed by atoms with Crippen LogP contribution in [0.2, 0.25) is 0 Å². The Morgan fingerprint density at radius 1 is 1.35 bits per heavy atom. The number of anilines is 1. The Morgan fingerprint density at radius 2 is 2.04 bits per heavy atom. The highest BCUT2D eigenvalue weighted by molar-refractivity contribution is 5.91. The maximum Gasteiger partial charge on any atom is 0.239 e. The van der Waals surface area contributed by atoms with Crippen molar-refractivity contribution in [2.24, 2.45) is 0 Å². The summed E-state index contributed by atoms with van der Waals surface area (Å²) in [5.74, 6) is -0.256. The fourth-order valence-electron chi connectivity index (χ4n) is 4.32. The van der Waals surface area contributed by atoms with Gasteiger partial charge in [0.25, 0.3) is 0 Å². The van der Waals surface area contributed by atoms with Crippen molar-refractivity contribution in [3.63, 3.8) is 0 Å². The highest BCUT2D eigenvalue weighted by Crippen LogP contribution is 2.46. The summed E-state index contributed by atoms with van der Waals surface area (Å²) in [5.41, 5.74) is -0.310. The van der Waals surface area contributed by atoms with Crippen LogP contribution in [-0.4, -0.2) is 44.9 Å². The van der Waals surface area contributed by atoms with Gasteiger partial charge in [0.2, 0.25) is 5.91 Å². The second kappa shape index (κ2) is 6.44. The minimum absolute atomic E-state index is 0.0423. The van der Waals surface area contributed by atoms with Gasteiger partial charge in [-0.25, -0.2) is 9.02 Å². The van der Waals surface area contributed by atoms with E-state index in [9.17, 15) is 14.3 Å². The number of fused-ring (bicyclic) bond motifs is 2. The number of halogens is 1. The van der Waals surface area contributed by atoms with Crippen LogP contribution in [0.5, 0.6) is 0 Å². The Labute approximate surface area is 150 Å². The van der Waals surface area contributed by atoms with Crippen molar-refractivity contribution < 1.29 is 18.9 Å². The van der Waals surface area contributed by atoms with Gasteiger partial charge >= 0.3 is 0 Å². The number of rotatable bonds is 4. The molecule has 0 aliphatic carbocycles. The Bertz CT molecular complexity index is 810. The van der Waals surface area contributed by atoms with Gasteiger partial charge in [0.15, 0.2) is 5.82 Å². The summed E-state index contributed by atoms with van der Waals surface area (Å²) < 4.78 is 18.8. The van der Waals surface area contributed by atoms with Crippen LogP contribution in [0.25, 0.3) is 0 Å². The maximum absolute atomic E-state index is 14.2. The van der Waals surface area contributed by atoms with E-state index in [2.05, 4.69) is 25.2 Å². The van der Waals surface area contributed by atoms with E-state index in [4.69, 9.17) is 0 Å². The molecule has 0 radical (unpaired) electrons. The molecule has 2 saturated heterocycles. The molecule has 138 valence electrons. The molecule has 2 N–H and O–H groups in total. The fourth-order valence-corrected chi connectivity index (χ4v) is 4.32. The molecule has 2 fully saturated rings. The summed E-state index contributed by atoms with van der Waals surface area (Å²) in [5, 5.41) is 21.1. The number of benzene rings is 1. The van der Waals surface area contributed by atoms with Gasteiger partial charge < -0.3 is 10.4 Å². The first kappa shape index (κ1) is 17.1. The quantitative estimate of drug-likeness (QED) is 0.866. The number of carbonyl (C=O) groups is 1. The summed E-state index contributed by atoms with van der Waals surface area (Å²) in [6, 6.07) is 6.48. The molecule has 2 aromatic rings. The molecule has 26 heavy (non-hydrogen) atoms. The molecular weight excluding hydrogens is 339 g/mol. The number of aromatic nitrogens is 2. The average molecular weight is 360 g/mol. The second-order valence-electron chi connectivity index (χ2n) is 7.22. The third-order valence-corrected chi connectivity index (χ3v) is 5.53. The van der Waals surface area contributed by atoms with Crippen molar-refractivity contribution in [2.75, 3.05) is 11.9 Å². The molecule has 8 heteroatoms. The maximum atomic E-state index is 14.2. The summed E-state index contributed by atoms with van der Waals surface area (Å²) in [6.45, 7) is 1.90. The van der Waals surface area contributed by atoms with Crippen molar-refractivity contribution in [1.29, 1.82) is 0 Å². The minimum atomic E-state index is -1.18. The lowest BCUT2D eigenvalue weighted by molar-refractivity contribution is -0.121. The zero-order valence-electron chi connectivity index (χ0n) is 14.5. The first-order chi connectivity index (χ1) is 12.5. The summed E-state index contributed by atoms with van der Waals surface area (Å²) >= 11 is 0. The van der Waals surface area contributed by atoms with E-state index in [-0.39, 0.29) is 30.4 Å². The number of hydrogen-bond acceptors (Lipinski definition) is 6. The largest absolute Gasteiger partial charge is 0.385 e. The number of hydrogen-bond donors (Lipinski definition) is 2. The number of aliphatic hydroxyl groups is 1. The standard InChI is InChI=1S/C18H21FN4O3/c1-11-17(22-26-21-11)20-16(24)10-23-12-6-7-13(23)9-18(25,8-12)14-4-2-3-5-15(14)19/h2-5,12-13,25H,6-10H2,1H3,(H,20,22,24). The van der Waals surface area contributed by atoms with Crippen molar-refractivity contribution >= 4 is 11.7 Å². The van der Waals surface area contributed by atoms with Crippen LogP contribution in [0, 0.1) is 12.7 Å². The predicted octanol–water partition coefficient (Wildman–Crippen LogP) is 1.97. The topological polar surface area (TPSA) is 91.5 Å². The first-order valence-corrected chi connectivity index (χ1v) is 8.78. The molecule has 2 aliphatic rings. The molecule has 1 aromatic heterocycles. The molecule has 0 saturated carbocycles. The van der Waals surface area contributed by atoms with Crippen LogP contribution in [0.4, 0.5) is 10.2 Å². The highest BCUT2D eigenvalue weighted by atomic mass is 19.1. The zero-order valence-corrected chi connectivity index (χ0v) is 14.5. The normalized spacial score (nSPS) is 28.3. The molecule has 2 bridgehead atoms. The van der Waals surface area contributed by atoms with E-state index in [0.29, 0.717) is 29.9 Å². The van der Waals surface area contributed by atoms with Gasteiger partial charge in [0, 0.05) is 17.6 Å². The van der Waals surface area contributed by atoms with Crippen molar-refractivity contribution in [1.82, 2.24) is 15.2 Å². The van der Waals surface area contributed by atoms with Crippen molar-refractivity contribution in [3.05, 3.63) is 41.3 Å². The van der Waals surface area contributed by atoms with Gasteiger partial charge in [0.1, 0.15) is 11.5 Å². The first-order valence-electron chi connectivity index (χ1n) is 8.78. The smallest absolute Gasteiger partial charge is 0.239 e. The van der Waals surface area contributed by atoms with Gasteiger partial charge in [-0.1, -0.05) is 23.4 Å². The van der Waals surface area contributed by atoms with Gasteiger partial charge in [-0.15, -0.1) is 0 Å². The van der Waals surface area contributed by atoms with E-state index in [1.165, 1.54) is 6.07 Å². The molecule has 2 atom stereocenters. The predicted molar refractivity (Wildman–Crippen MR) is 90.7 cm³/mol. The lowest BCUT2D eigenvalue weighted by Crippen LogP contribution is -2.52. The third-order valence-electron chi connectivity index (χ3n) is 5.53. The highest BCUT2D eigenvalue weighted by Gasteiger charge is 2.49. The number of amides is 1. The molecule has 7 nitrogen and oxygen atoms in total. The van der Waals surface area contributed by atoms with E-state index in [1.807, 2.05) is 0 Å². The molecule has 2 aliphatic heterocycles. The summed E-state index contributed by atoms with van der Waals surface area (Å²) in [7, 11) is 0. The molecule has 2 unspecified atom stereocenters. The van der Waals surface area contributed by atoms with E-state index >= 15 is 0 Å². The summed E-state index contributed by atoms with van der Waals surface area (Å²) in [4.78, 5) is 14.5. The van der Waals surface area contributed by atoms with Crippen LogP contribution in [-0.2, 0) is 10.4 Å². The minimum Gasteiger partial charge on any atom is -0.385 e. The molecule has 3 heterocycles. The van der Waals surface area contributed by atoms with Crippen LogP contribution >= 0.6 is 0 Å². The molecular formula is C18H21FN4O3. The summed E-state index contributed by atoms with van der Waals surface area (Å²) in [6.07, 6.45) is 2.61. The Morgan fingerprint density at radius 3 is 2.65 bits per heavy atom. The second-order valence-corrected chi connectivity index (χ2v) is 7.22. The van der Waals surface area contributed by atoms with Crippen molar-refractivity contribution in [3.8, 4) is 0 Å². The third kappa shape index (κ3) is 2.99. The van der Waals surface area contributed by atoms with Crippen molar-refractivity contribution in [2.45, 2.75) is 50.3 Å². The number of carbonyl (C=O) groups excluding carboxylic acids is 1. The number of nitrogens with one attached hydrogen (secondary N) is 1. The molecule has 1 amide bonds.